The summed E-state index contributed by atoms with van der Waals surface area (Å²) in [4.78, 5) is 15.0. The first-order valence-corrected chi connectivity index (χ1v) is 12.6. The molecule has 1 amide bonds. The highest BCUT2D eigenvalue weighted by atomic mass is 35.5. The number of ether oxygens (including phenoxy) is 1. The molecule has 8 heteroatoms. The van der Waals surface area contributed by atoms with E-state index in [-0.39, 0.29) is 17.7 Å². The zero-order chi connectivity index (χ0) is 23.5. The van der Waals surface area contributed by atoms with Crippen LogP contribution in [0.2, 0.25) is 10.0 Å². The first-order chi connectivity index (χ1) is 15.8. The summed E-state index contributed by atoms with van der Waals surface area (Å²) in [5.74, 6) is -0.120. The molecule has 1 aliphatic rings. The van der Waals surface area contributed by atoms with Crippen LogP contribution in [0.15, 0.2) is 72.8 Å². The van der Waals surface area contributed by atoms with Gasteiger partial charge in [-0.25, -0.2) is 8.42 Å². The highest BCUT2D eigenvalue weighted by Crippen LogP contribution is 2.42. The van der Waals surface area contributed by atoms with Gasteiger partial charge in [0.1, 0.15) is 22.9 Å². The molecule has 3 aromatic rings. The maximum absolute atomic E-state index is 13.3. The summed E-state index contributed by atoms with van der Waals surface area (Å²) in [6.07, 6.45) is -0.703. The van der Waals surface area contributed by atoms with Gasteiger partial charge in [0.25, 0.3) is 5.91 Å². The lowest BCUT2D eigenvalue weighted by Crippen LogP contribution is -2.49. The molecule has 0 radical (unpaired) electrons. The standard InChI is InChI=1S/C25H23Cl2NO4S/c1-28-23(18-6-10-20(26)11-7-18)24(19-8-12-21(27)13-9-19)32-22(25(28)29)14-16-2-4-17(5-3-16)15-33(30)31/h2-13,22-24,33H,14-15H2,1H3/t22-,23+,24-/m1/s1. The fourth-order valence-corrected chi connectivity index (χ4v) is 4.89. The van der Waals surface area contributed by atoms with Crippen LogP contribution in [0.4, 0.5) is 0 Å². The van der Waals surface area contributed by atoms with Gasteiger partial charge >= 0.3 is 0 Å². The molecule has 1 aliphatic heterocycles. The van der Waals surface area contributed by atoms with Crippen molar-refractivity contribution < 1.29 is 17.9 Å². The number of rotatable bonds is 6. The van der Waals surface area contributed by atoms with Gasteiger partial charge in [-0.15, -0.1) is 0 Å². The van der Waals surface area contributed by atoms with Gasteiger partial charge in [-0.1, -0.05) is 71.7 Å². The Labute approximate surface area is 204 Å². The molecule has 3 aromatic carbocycles. The lowest BCUT2D eigenvalue weighted by molar-refractivity contribution is -0.171. The van der Waals surface area contributed by atoms with Crippen molar-refractivity contribution in [1.29, 1.82) is 0 Å². The van der Waals surface area contributed by atoms with E-state index in [2.05, 4.69) is 0 Å². The number of morpholine rings is 1. The van der Waals surface area contributed by atoms with Gasteiger partial charge in [0.15, 0.2) is 0 Å². The van der Waals surface area contributed by atoms with Gasteiger partial charge in [-0.2, -0.15) is 0 Å². The summed E-state index contributed by atoms with van der Waals surface area (Å²) in [5.41, 5.74) is 3.44. The van der Waals surface area contributed by atoms with E-state index < -0.39 is 22.9 Å². The second-order valence-corrected chi connectivity index (χ2v) is 9.91. The number of likely N-dealkylation sites (N-methyl/N-ethyl adjacent to an activating group) is 1. The van der Waals surface area contributed by atoms with Gasteiger partial charge in [-0.05, 0) is 46.5 Å². The third kappa shape index (κ3) is 5.58. The van der Waals surface area contributed by atoms with E-state index in [9.17, 15) is 13.2 Å². The summed E-state index contributed by atoms with van der Waals surface area (Å²) in [6.45, 7) is 0. The molecule has 33 heavy (non-hydrogen) atoms. The molecule has 0 spiro atoms. The molecule has 3 atom stereocenters. The topological polar surface area (TPSA) is 63.7 Å². The Morgan fingerprint density at radius 3 is 1.88 bits per heavy atom. The largest absolute Gasteiger partial charge is 0.358 e. The van der Waals surface area contributed by atoms with Crippen LogP contribution in [0.25, 0.3) is 0 Å². The van der Waals surface area contributed by atoms with Crippen molar-refractivity contribution >= 4 is 39.8 Å². The molecular weight excluding hydrogens is 481 g/mol. The molecule has 0 unspecified atom stereocenters. The van der Waals surface area contributed by atoms with E-state index in [1.807, 2.05) is 48.5 Å². The molecule has 0 aromatic heterocycles. The van der Waals surface area contributed by atoms with Gasteiger partial charge in [0.05, 0.1) is 11.8 Å². The van der Waals surface area contributed by atoms with Crippen LogP contribution < -0.4 is 0 Å². The van der Waals surface area contributed by atoms with E-state index in [1.54, 1.807) is 36.2 Å². The number of nitrogens with zero attached hydrogens (tertiary/aromatic N) is 1. The van der Waals surface area contributed by atoms with E-state index in [0.29, 0.717) is 22.0 Å². The Balaban J connectivity index is 1.64. The van der Waals surface area contributed by atoms with Crippen molar-refractivity contribution in [3.05, 3.63) is 105 Å². The van der Waals surface area contributed by atoms with Crippen LogP contribution in [0.1, 0.15) is 34.4 Å². The molecule has 0 N–H and O–H groups in total. The third-order valence-corrected chi connectivity index (χ3v) is 6.93. The Morgan fingerprint density at radius 2 is 1.33 bits per heavy atom. The first kappa shape index (κ1) is 23.8. The maximum Gasteiger partial charge on any atom is 0.252 e. The summed E-state index contributed by atoms with van der Waals surface area (Å²) >= 11 is 12.2. The van der Waals surface area contributed by atoms with E-state index >= 15 is 0 Å². The van der Waals surface area contributed by atoms with Crippen LogP contribution in [0.3, 0.4) is 0 Å². The number of halogens is 2. The SMILES string of the molecule is CN1C(=O)[C@@H](Cc2ccc(C[SH](=O)=O)cc2)O[C@H](c2ccc(Cl)cc2)[C@@H]1c1ccc(Cl)cc1. The van der Waals surface area contributed by atoms with Crippen molar-refractivity contribution in [3.8, 4) is 0 Å². The van der Waals surface area contributed by atoms with Gasteiger partial charge in [-0.3, -0.25) is 4.79 Å². The van der Waals surface area contributed by atoms with Gasteiger partial charge in [0.2, 0.25) is 0 Å². The quantitative estimate of drug-likeness (QED) is 0.481. The van der Waals surface area contributed by atoms with Crippen molar-refractivity contribution in [2.45, 2.75) is 30.4 Å². The molecular formula is C25H23Cl2NO4S. The van der Waals surface area contributed by atoms with E-state index in [4.69, 9.17) is 27.9 Å². The van der Waals surface area contributed by atoms with Crippen LogP contribution in [0.5, 0.6) is 0 Å². The Hall–Kier alpha value is -2.38. The predicted molar refractivity (Wildman–Crippen MR) is 130 cm³/mol. The fraction of sp³-hybridized carbons (Fsp3) is 0.240. The van der Waals surface area contributed by atoms with Crippen LogP contribution in [-0.4, -0.2) is 32.4 Å². The van der Waals surface area contributed by atoms with E-state index in [0.717, 1.165) is 16.7 Å². The zero-order valence-electron chi connectivity index (χ0n) is 17.9. The summed E-state index contributed by atoms with van der Waals surface area (Å²) in [5, 5.41) is 1.24. The molecule has 1 heterocycles. The van der Waals surface area contributed by atoms with Crippen molar-refractivity contribution in [2.24, 2.45) is 0 Å². The highest BCUT2D eigenvalue weighted by molar-refractivity contribution is 7.71. The monoisotopic (exact) mass is 503 g/mol. The summed E-state index contributed by atoms with van der Waals surface area (Å²) in [7, 11) is -0.697. The van der Waals surface area contributed by atoms with Crippen LogP contribution >= 0.6 is 23.2 Å². The van der Waals surface area contributed by atoms with Crippen LogP contribution in [0, 0.1) is 0 Å². The first-order valence-electron chi connectivity index (χ1n) is 10.4. The highest BCUT2D eigenvalue weighted by Gasteiger charge is 2.42. The molecule has 172 valence electrons. The minimum atomic E-state index is -2.48. The van der Waals surface area contributed by atoms with Crippen LogP contribution in [-0.2, 0) is 32.4 Å². The number of hydrogen-bond acceptors (Lipinski definition) is 4. The zero-order valence-corrected chi connectivity index (χ0v) is 20.3. The number of amides is 1. The smallest absolute Gasteiger partial charge is 0.252 e. The minimum absolute atomic E-state index is 0.00137. The molecule has 0 bridgehead atoms. The average molecular weight is 504 g/mol. The van der Waals surface area contributed by atoms with Crippen molar-refractivity contribution in [2.75, 3.05) is 7.05 Å². The number of benzene rings is 3. The second-order valence-electron chi connectivity index (χ2n) is 8.05. The second kappa shape index (κ2) is 10.3. The summed E-state index contributed by atoms with van der Waals surface area (Å²) < 4.78 is 28.3. The minimum Gasteiger partial charge on any atom is -0.358 e. The summed E-state index contributed by atoms with van der Waals surface area (Å²) in [6, 6.07) is 21.7. The van der Waals surface area contributed by atoms with Crippen molar-refractivity contribution in [3.63, 3.8) is 0 Å². The lowest BCUT2D eigenvalue weighted by atomic mass is 9.91. The normalized spacial score (nSPS) is 20.9. The lowest BCUT2D eigenvalue weighted by Gasteiger charge is -2.43. The third-order valence-electron chi connectivity index (χ3n) is 5.80. The Bertz CT molecular complexity index is 1190. The molecule has 0 aliphatic carbocycles. The van der Waals surface area contributed by atoms with E-state index in [1.165, 1.54) is 0 Å². The average Bonchev–Trinajstić information content (AvgIpc) is 2.79. The number of hydrogen-bond donors (Lipinski definition) is 1. The predicted octanol–water partition coefficient (Wildman–Crippen LogP) is 4.99. The molecule has 0 saturated carbocycles. The van der Waals surface area contributed by atoms with Gasteiger partial charge < -0.3 is 9.64 Å². The molecule has 5 nitrogen and oxygen atoms in total. The molecule has 1 saturated heterocycles. The Morgan fingerprint density at radius 1 is 0.818 bits per heavy atom. The molecule has 1 fully saturated rings. The number of carbonyl (C=O) groups is 1. The Kier molecular flexibility index (Phi) is 7.39. The van der Waals surface area contributed by atoms with Crippen molar-refractivity contribution in [1.82, 2.24) is 4.90 Å². The number of carbonyl (C=O) groups excluding carboxylic acids is 1. The number of thiol groups is 1. The maximum atomic E-state index is 13.3. The fourth-order valence-electron chi connectivity index (χ4n) is 4.13. The van der Waals surface area contributed by atoms with Gasteiger partial charge in [0, 0.05) is 23.5 Å². The molecule has 4 rings (SSSR count).